The van der Waals surface area contributed by atoms with Crippen LogP contribution in [-0.4, -0.2) is 18.3 Å². The second kappa shape index (κ2) is 2.73. The molecule has 0 bridgehead atoms. The Balaban J connectivity index is 2.34. The molecule has 0 spiro atoms. The Morgan fingerprint density at radius 1 is 1.58 bits per heavy atom. The largest absolute Gasteiger partial charge is 0.393 e. The number of benzene rings is 1. The van der Waals surface area contributed by atoms with E-state index in [-0.39, 0.29) is 6.61 Å². The lowest BCUT2D eigenvalue weighted by Gasteiger charge is -2.07. The van der Waals surface area contributed by atoms with Crippen molar-refractivity contribution in [2.75, 3.05) is 13.2 Å². The van der Waals surface area contributed by atoms with Crippen molar-refractivity contribution in [1.29, 1.82) is 0 Å². The lowest BCUT2D eigenvalue weighted by atomic mass is 10.0. The molecule has 1 aromatic carbocycles. The molecule has 1 aromatic rings. The van der Waals surface area contributed by atoms with E-state index in [0.717, 1.165) is 5.56 Å². The first-order valence-electron chi connectivity index (χ1n) is 3.78. The predicted molar refractivity (Wildman–Crippen MR) is 46.2 cm³/mol. The molecular formula is C9H9ClO2. The Hall–Kier alpha value is -0.570. The van der Waals surface area contributed by atoms with E-state index in [0.29, 0.717) is 11.6 Å². The van der Waals surface area contributed by atoms with E-state index in [9.17, 15) is 0 Å². The molecule has 1 N–H and O–H groups in total. The van der Waals surface area contributed by atoms with E-state index < -0.39 is 5.60 Å². The second-order valence-corrected chi connectivity index (χ2v) is 3.39. The molecule has 3 heteroatoms. The summed E-state index contributed by atoms with van der Waals surface area (Å²) in [5.41, 5.74) is 0.503. The zero-order chi connectivity index (χ0) is 8.60. The molecule has 1 saturated heterocycles. The first-order valence-corrected chi connectivity index (χ1v) is 4.15. The van der Waals surface area contributed by atoms with Crippen LogP contribution in [0.2, 0.25) is 5.02 Å². The van der Waals surface area contributed by atoms with Crippen molar-refractivity contribution in [3.05, 3.63) is 34.9 Å². The topological polar surface area (TPSA) is 32.8 Å². The van der Waals surface area contributed by atoms with Gasteiger partial charge in [0.25, 0.3) is 0 Å². The Morgan fingerprint density at radius 2 is 2.33 bits per heavy atom. The van der Waals surface area contributed by atoms with Crippen molar-refractivity contribution in [1.82, 2.24) is 0 Å². The molecule has 1 heterocycles. The minimum atomic E-state index is -0.453. The van der Waals surface area contributed by atoms with Gasteiger partial charge in [-0.05, 0) is 17.7 Å². The van der Waals surface area contributed by atoms with Gasteiger partial charge in [0.2, 0.25) is 0 Å². The van der Waals surface area contributed by atoms with Gasteiger partial charge >= 0.3 is 0 Å². The van der Waals surface area contributed by atoms with Crippen molar-refractivity contribution in [3.63, 3.8) is 0 Å². The average Bonchev–Trinajstić information content (AvgIpc) is 2.84. The second-order valence-electron chi connectivity index (χ2n) is 2.95. The summed E-state index contributed by atoms with van der Waals surface area (Å²) in [6, 6.07) is 7.40. The molecule has 0 radical (unpaired) electrons. The van der Waals surface area contributed by atoms with Crippen LogP contribution in [0.4, 0.5) is 0 Å². The maximum Gasteiger partial charge on any atom is 0.139 e. The highest BCUT2D eigenvalue weighted by atomic mass is 35.5. The molecule has 0 amide bonds. The highest BCUT2D eigenvalue weighted by Gasteiger charge is 2.45. The monoisotopic (exact) mass is 184 g/mol. The summed E-state index contributed by atoms with van der Waals surface area (Å²) in [5, 5.41) is 9.71. The van der Waals surface area contributed by atoms with Gasteiger partial charge in [0.15, 0.2) is 0 Å². The van der Waals surface area contributed by atoms with Gasteiger partial charge in [0, 0.05) is 5.02 Å². The first kappa shape index (κ1) is 8.05. The van der Waals surface area contributed by atoms with Crippen molar-refractivity contribution in [3.8, 4) is 0 Å². The molecule has 1 aliphatic heterocycles. The third kappa shape index (κ3) is 1.22. The molecule has 0 aliphatic carbocycles. The van der Waals surface area contributed by atoms with E-state index in [4.69, 9.17) is 21.4 Å². The van der Waals surface area contributed by atoms with Gasteiger partial charge in [-0.2, -0.15) is 0 Å². The molecular weight excluding hydrogens is 176 g/mol. The van der Waals surface area contributed by atoms with Crippen LogP contribution in [0, 0.1) is 0 Å². The van der Waals surface area contributed by atoms with Crippen molar-refractivity contribution >= 4 is 11.6 Å². The zero-order valence-corrected chi connectivity index (χ0v) is 7.21. The maximum absolute atomic E-state index is 9.03. The van der Waals surface area contributed by atoms with Crippen molar-refractivity contribution in [2.24, 2.45) is 0 Å². The van der Waals surface area contributed by atoms with Crippen LogP contribution in [0.15, 0.2) is 24.3 Å². The van der Waals surface area contributed by atoms with Crippen LogP contribution in [-0.2, 0) is 10.3 Å². The molecule has 0 saturated carbocycles. The lowest BCUT2D eigenvalue weighted by molar-refractivity contribution is 0.173. The fraction of sp³-hybridized carbons (Fsp3) is 0.333. The third-order valence-corrected chi connectivity index (χ3v) is 2.33. The van der Waals surface area contributed by atoms with Gasteiger partial charge < -0.3 is 9.84 Å². The lowest BCUT2D eigenvalue weighted by Crippen LogP contribution is -2.13. The molecule has 12 heavy (non-hydrogen) atoms. The minimum Gasteiger partial charge on any atom is -0.393 e. The van der Waals surface area contributed by atoms with Crippen LogP contribution < -0.4 is 0 Å². The van der Waals surface area contributed by atoms with Crippen molar-refractivity contribution < 1.29 is 9.84 Å². The van der Waals surface area contributed by atoms with Gasteiger partial charge in [-0.1, -0.05) is 23.7 Å². The molecule has 0 aromatic heterocycles. The fourth-order valence-corrected chi connectivity index (χ4v) is 1.40. The highest BCUT2D eigenvalue weighted by Crippen LogP contribution is 2.38. The van der Waals surface area contributed by atoms with Crippen LogP contribution in [0.5, 0.6) is 0 Å². The Bertz CT molecular complexity index is 294. The zero-order valence-electron chi connectivity index (χ0n) is 6.46. The molecule has 1 aliphatic rings. The number of halogens is 1. The summed E-state index contributed by atoms with van der Waals surface area (Å²) in [4.78, 5) is 0. The van der Waals surface area contributed by atoms with Crippen LogP contribution in [0.1, 0.15) is 5.56 Å². The van der Waals surface area contributed by atoms with Gasteiger partial charge in [0.05, 0.1) is 13.2 Å². The number of aliphatic hydroxyl groups excluding tert-OH is 1. The summed E-state index contributed by atoms with van der Waals surface area (Å²) in [7, 11) is 0. The minimum absolute atomic E-state index is 0.0212. The summed E-state index contributed by atoms with van der Waals surface area (Å²) < 4.78 is 5.18. The van der Waals surface area contributed by atoms with E-state index in [1.54, 1.807) is 6.07 Å². The van der Waals surface area contributed by atoms with E-state index in [1.165, 1.54) is 0 Å². The normalized spacial score (nSPS) is 27.2. The number of hydrogen-bond acceptors (Lipinski definition) is 2. The van der Waals surface area contributed by atoms with Gasteiger partial charge in [-0.3, -0.25) is 0 Å². The number of rotatable bonds is 2. The van der Waals surface area contributed by atoms with Gasteiger partial charge in [0.1, 0.15) is 5.60 Å². The highest BCUT2D eigenvalue weighted by molar-refractivity contribution is 6.30. The third-order valence-electron chi connectivity index (χ3n) is 2.10. The van der Waals surface area contributed by atoms with E-state index in [1.807, 2.05) is 18.2 Å². The van der Waals surface area contributed by atoms with Crippen LogP contribution in [0.25, 0.3) is 0 Å². The Labute approximate surface area is 75.7 Å². The van der Waals surface area contributed by atoms with E-state index >= 15 is 0 Å². The maximum atomic E-state index is 9.03. The predicted octanol–water partition coefficient (Wildman–Crippen LogP) is 1.56. The van der Waals surface area contributed by atoms with Gasteiger partial charge in [-0.25, -0.2) is 0 Å². The Kier molecular flexibility index (Phi) is 1.83. The molecule has 2 nitrogen and oxygen atoms in total. The number of hydrogen-bond donors (Lipinski definition) is 1. The average molecular weight is 185 g/mol. The smallest absolute Gasteiger partial charge is 0.139 e. The van der Waals surface area contributed by atoms with E-state index in [2.05, 4.69) is 0 Å². The first-order chi connectivity index (χ1) is 5.77. The van der Waals surface area contributed by atoms with Gasteiger partial charge in [-0.15, -0.1) is 0 Å². The number of epoxide rings is 1. The summed E-state index contributed by atoms with van der Waals surface area (Å²) in [6.07, 6.45) is 0. The van der Waals surface area contributed by atoms with Crippen LogP contribution >= 0.6 is 11.6 Å². The molecule has 1 unspecified atom stereocenters. The standard InChI is InChI=1S/C9H9ClO2/c10-8-3-1-2-7(4-8)9(5-11)6-12-9/h1-4,11H,5-6H2. The number of ether oxygens (including phenoxy) is 1. The summed E-state index contributed by atoms with van der Waals surface area (Å²) in [6.45, 7) is 0.608. The fourth-order valence-electron chi connectivity index (χ4n) is 1.21. The molecule has 64 valence electrons. The SMILES string of the molecule is OCC1(c2cccc(Cl)c2)CO1. The molecule has 2 rings (SSSR count). The van der Waals surface area contributed by atoms with Crippen LogP contribution in [0.3, 0.4) is 0 Å². The number of aliphatic hydroxyl groups is 1. The summed E-state index contributed by atoms with van der Waals surface area (Å²) in [5.74, 6) is 0. The Morgan fingerprint density at radius 3 is 2.83 bits per heavy atom. The molecule has 1 fully saturated rings. The van der Waals surface area contributed by atoms with Crippen molar-refractivity contribution in [2.45, 2.75) is 5.60 Å². The quantitative estimate of drug-likeness (QED) is 0.708. The molecule has 1 atom stereocenters. The summed E-state index contributed by atoms with van der Waals surface area (Å²) >= 11 is 5.80.